The molecule has 1 heterocycles. The molecule has 0 atom stereocenters. The van der Waals surface area contributed by atoms with Crippen molar-refractivity contribution in [2.75, 3.05) is 13.2 Å². The second kappa shape index (κ2) is 12.8. The highest BCUT2D eigenvalue weighted by molar-refractivity contribution is 8.26. The number of carbonyl (C=O) groups is 2. The maximum absolute atomic E-state index is 12.8. The van der Waals surface area contributed by atoms with Crippen molar-refractivity contribution in [1.29, 1.82) is 0 Å². The molecule has 0 unspecified atom stereocenters. The summed E-state index contributed by atoms with van der Waals surface area (Å²) in [5.41, 5.74) is 1.89. The van der Waals surface area contributed by atoms with Crippen LogP contribution in [-0.2, 0) is 20.9 Å². The first kappa shape index (κ1) is 25.3. The Bertz CT molecular complexity index is 1020. The van der Waals surface area contributed by atoms with Crippen LogP contribution >= 0.6 is 35.6 Å². The predicted molar refractivity (Wildman–Crippen MR) is 137 cm³/mol. The first-order valence-corrected chi connectivity index (χ1v) is 12.4. The number of unbranched alkanes of at least 4 members (excludes halogenated alkanes) is 2. The molecule has 33 heavy (non-hydrogen) atoms. The monoisotopic (exact) mass is 503 g/mol. The van der Waals surface area contributed by atoms with Crippen LogP contribution in [0.5, 0.6) is 5.75 Å². The second-order valence-corrected chi connectivity index (χ2v) is 9.55. The number of rotatable bonds is 11. The van der Waals surface area contributed by atoms with Gasteiger partial charge in [0, 0.05) is 18.0 Å². The molecule has 0 bridgehead atoms. The van der Waals surface area contributed by atoms with Gasteiger partial charge in [-0.2, -0.15) is 0 Å². The van der Waals surface area contributed by atoms with Gasteiger partial charge in [-0.15, -0.1) is 0 Å². The molecule has 0 spiro atoms. The molecule has 5 nitrogen and oxygen atoms in total. The summed E-state index contributed by atoms with van der Waals surface area (Å²) < 4.78 is 11.4. The summed E-state index contributed by atoms with van der Waals surface area (Å²) in [4.78, 5) is 26.5. The number of hydrogen-bond acceptors (Lipinski definition) is 6. The van der Waals surface area contributed by atoms with Gasteiger partial charge in [0.1, 0.15) is 16.7 Å². The van der Waals surface area contributed by atoms with Gasteiger partial charge in [0.25, 0.3) is 5.91 Å². The van der Waals surface area contributed by atoms with E-state index in [0.29, 0.717) is 40.4 Å². The molecular formula is C25H26ClNO4S2. The van der Waals surface area contributed by atoms with Crippen LogP contribution in [0.25, 0.3) is 6.08 Å². The Morgan fingerprint density at radius 2 is 1.94 bits per heavy atom. The third-order valence-corrected chi connectivity index (χ3v) is 6.55. The van der Waals surface area contributed by atoms with Crippen LogP contribution in [0, 0.1) is 0 Å². The van der Waals surface area contributed by atoms with Gasteiger partial charge in [0.05, 0.1) is 11.5 Å². The smallest absolute Gasteiger partial charge is 0.305 e. The number of thiocarbonyl (C=S) groups is 1. The maximum atomic E-state index is 12.8. The van der Waals surface area contributed by atoms with Gasteiger partial charge in [-0.1, -0.05) is 66.3 Å². The highest BCUT2D eigenvalue weighted by Crippen LogP contribution is 2.33. The molecule has 2 aromatic rings. The zero-order chi connectivity index (χ0) is 23.6. The van der Waals surface area contributed by atoms with Crippen LogP contribution < -0.4 is 4.74 Å². The van der Waals surface area contributed by atoms with E-state index in [0.717, 1.165) is 36.1 Å². The Morgan fingerprint density at radius 3 is 2.70 bits per heavy atom. The van der Waals surface area contributed by atoms with Gasteiger partial charge in [-0.25, -0.2) is 0 Å². The van der Waals surface area contributed by atoms with E-state index >= 15 is 0 Å². The van der Waals surface area contributed by atoms with Crippen molar-refractivity contribution in [1.82, 2.24) is 4.90 Å². The lowest BCUT2D eigenvalue weighted by molar-refractivity contribution is -0.143. The van der Waals surface area contributed by atoms with Crippen LogP contribution in [0.15, 0.2) is 53.4 Å². The van der Waals surface area contributed by atoms with Crippen LogP contribution in [0.2, 0.25) is 5.02 Å². The Morgan fingerprint density at radius 1 is 1.15 bits per heavy atom. The number of benzene rings is 2. The SMILES string of the molecule is CCOC(=O)CCCCCN1C(=O)/C(=C\c2cccc(OCc3ccc(Cl)cc3)c2)SC1=S. The van der Waals surface area contributed by atoms with Gasteiger partial charge in [-0.3, -0.25) is 14.5 Å². The number of ether oxygens (including phenoxy) is 2. The van der Waals surface area contributed by atoms with Crippen molar-refractivity contribution < 1.29 is 19.1 Å². The molecule has 1 saturated heterocycles. The zero-order valence-electron chi connectivity index (χ0n) is 18.4. The number of carbonyl (C=O) groups excluding carboxylic acids is 2. The fraction of sp³-hybridized carbons (Fsp3) is 0.320. The quantitative estimate of drug-likeness (QED) is 0.156. The van der Waals surface area contributed by atoms with Gasteiger partial charge in [-0.05, 0) is 61.2 Å². The standard InChI is InChI=1S/C25H26ClNO4S2/c1-2-30-23(28)9-4-3-5-14-27-24(29)22(33-25(27)32)16-19-7-6-8-21(15-19)31-17-18-10-12-20(26)13-11-18/h6-8,10-13,15-16H,2-5,9,14,17H2,1H3/b22-16+. The molecule has 1 aliphatic rings. The number of amides is 1. The molecule has 0 radical (unpaired) electrons. The van der Waals surface area contributed by atoms with E-state index in [9.17, 15) is 9.59 Å². The number of nitrogens with zero attached hydrogens (tertiary/aromatic N) is 1. The minimum Gasteiger partial charge on any atom is -0.489 e. The average Bonchev–Trinajstić information content (AvgIpc) is 3.06. The van der Waals surface area contributed by atoms with Crippen LogP contribution in [-0.4, -0.2) is 34.2 Å². The third kappa shape index (κ3) is 7.88. The second-order valence-electron chi connectivity index (χ2n) is 7.44. The molecule has 1 aliphatic heterocycles. The summed E-state index contributed by atoms with van der Waals surface area (Å²) in [7, 11) is 0. The highest BCUT2D eigenvalue weighted by Gasteiger charge is 2.31. The van der Waals surface area contributed by atoms with Gasteiger partial charge < -0.3 is 9.47 Å². The van der Waals surface area contributed by atoms with Crippen molar-refractivity contribution in [2.45, 2.75) is 39.2 Å². The molecule has 0 saturated carbocycles. The lowest BCUT2D eigenvalue weighted by atomic mass is 10.2. The highest BCUT2D eigenvalue weighted by atomic mass is 35.5. The summed E-state index contributed by atoms with van der Waals surface area (Å²) in [6.07, 6.45) is 4.61. The Hall–Kier alpha value is -2.35. The first-order chi connectivity index (χ1) is 16.0. The summed E-state index contributed by atoms with van der Waals surface area (Å²) in [5.74, 6) is 0.462. The maximum Gasteiger partial charge on any atom is 0.305 e. The summed E-state index contributed by atoms with van der Waals surface area (Å²) in [6, 6.07) is 15.1. The lowest BCUT2D eigenvalue weighted by Gasteiger charge is -2.14. The van der Waals surface area contributed by atoms with Crippen LogP contribution in [0.3, 0.4) is 0 Å². The van der Waals surface area contributed by atoms with E-state index in [2.05, 4.69) is 0 Å². The van der Waals surface area contributed by atoms with Crippen LogP contribution in [0.1, 0.15) is 43.7 Å². The summed E-state index contributed by atoms with van der Waals surface area (Å²) in [5, 5.41) is 0.690. The zero-order valence-corrected chi connectivity index (χ0v) is 20.8. The van der Waals surface area contributed by atoms with Crippen molar-refractivity contribution in [3.63, 3.8) is 0 Å². The average molecular weight is 504 g/mol. The van der Waals surface area contributed by atoms with E-state index < -0.39 is 0 Å². The number of hydrogen-bond donors (Lipinski definition) is 0. The van der Waals surface area contributed by atoms with Gasteiger partial charge in [0.2, 0.25) is 0 Å². The topological polar surface area (TPSA) is 55.8 Å². The van der Waals surface area contributed by atoms with Crippen molar-refractivity contribution in [3.05, 3.63) is 69.6 Å². The number of esters is 1. The van der Waals surface area contributed by atoms with E-state index in [1.165, 1.54) is 11.8 Å². The molecular weight excluding hydrogens is 478 g/mol. The molecule has 174 valence electrons. The third-order valence-electron chi connectivity index (χ3n) is 4.92. The lowest BCUT2D eigenvalue weighted by Crippen LogP contribution is -2.29. The molecule has 2 aromatic carbocycles. The fourth-order valence-corrected chi connectivity index (χ4v) is 4.67. The minimum atomic E-state index is -0.176. The molecule has 8 heteroatoms. The van der Waals surface area contributed by atoms with Crippen molar-refractivity contribution in [2.24, 2.45) is 0 Å². The first-order valence-electron chi connectivity index (χ1n) is 10.8. The summed E-state index contributed by atoms with van der Waals surface area (Å²) >= 11 is 12.6. The molecule has 1 fully saturated rings. The predicted octanol–water partition coefficient (Wildman–Crippen LogP) is 6.24. The van der Waals surface area contributed by atoms with Crippen molar-refractivity contribution in [3.8, 4) is 5.75 Å². The van der Waals surface area contributed by atoms with Crippen LogP contribution in [0.4, 0.5) is 0 Å². The number of halogens is 1. The Balaban J connectivity index is 1.52. The molecule has 3 rings (SSSR count). The molecule has 0 aromatic heterocycles. The normalized spacial score (nSPS) is 14.7. The van der Waals surface area contributed by atoms with Crippen molar-refractivity contribution >= 4 is 57.9 Å². The Labute approximate surface area is 209 Å². The fourth-order valence-electron chi connectivity index (χ4n) is 3.23. The van der Waals surface area contributed by atoms with E-state index in [1.807, 2.05) is 54.6 Å². The largest absolute Gasteiger partial charge is 0.489 e. The summed E-state index contributed by atoms with van der Waals surface area (Å²) in [6.45, 7) is 3.18. The molecule has 0 N–H and O–H groups in total. The van der Waals surface area contributed by atoms with Gasteiger partial charge >= 0.3 is 5.97 Å². The molecule has 0 aliphatic carbocycles. The number of thioether (sulfide) groups is 1. The Kier molecular flexibility index (Phi) is 9.78. The van der Waals surface area contributed by atoms with E-state index in [-0.39, 0.29) is 11.9 Å². The van der Waals surface area contributed by atoms with E-state index in [4.69, 9.17) is 33.3 Å². The van der Waals surface area contributed by atoms with E-state index in [1.54, 1.807) is 11.8 Å². The minimum absolute atomic E-state index is 0.0807. The van der Waals surface area contributed by atoms with Gasteiger partial charge in [0.15, 0.2) is 0 Å². The molecule has 1 amide bonds.